The molecule has 7 atom stereocenters. The molecule has 206 valence electrons. The molecule has 0 saturated heterocycles. The van der Waals surface area contributed by atoms with Crippen LogP contribution in [0.25, 0.3) is 0 Å². The van der Waals surface area contributed by atoms with Crippen molar-refractivity contribution >= 4 is 29.0 Å². The second kappa shape index (κ2) is 9.87. The van der Waals surface area contributed by atoms with Gasteiger partial charge in [0.15, 0.2) is 34.7 Å². The number of likely N-dealkylation sites (N-methyl/N-ethyl adjacent to an activating group) is 1. The number of rotatable bonds is 7. The minimum Gasteiger partial charge on any atom is -0.507 e. The number of primary amides is 1. The van der Waals surface area contributed by atoms with Crippen LogP contribution in [0.5, 0.6) is 11.5 Å². The van der Waals surface area contributed by atoms with Crippen LogP contribution in [0.1, 0.15) is 48.2 Å². The summed E-state index contributed by atoms with van der Waals surface area (Å²) in [5.41, 5.74) is 3.61. The molecule has 38 heavy (non-hydrogen) atoms. The maximum atomic E-state index is 13.8. The molecule has 3 unspecified atom stereocenters. The number of phenolic OH excluding ortho intramolecular Hbond substituents is 1. The van der Waals surface area contributed by atoms with E-state index in [4.69, 9.17) is 10.5 Å². The summed E-state index contributed by atoms with van der Waals surface area (Å²) in [6.45, 7) is 4.43. The number of aliphatic hydroxyl groups is 1. The average Bonchev–Trinajstić information content (AvgIpc) is 2.84. The highest BCUT2D eigenvalue weighted by Crippen LogP contribution is 2.52. The van der Waals surface area contributed by atoms with Gasteiger partial charge in [0.05, 0.1) is 24.6 Å². The predicted octanol–water partition coefficient (Wildman–Crippen LogP) is -0.236. The molecule has 3 aliphatic carbocycles. The number of carbonyl (C=O) groups is 5. The van der Waals surface area contributed by atoms with E-state index in [0.29, 0.717) is 23.4 Å². The molecule has 0 heterocycles. The molecular weight excluding hydrogens is 494 g/mol. The van der Waals surface area contributed by atoms with Gasteiger partial charge >= 0.3 is 0 Å². The minimum atomic E-state index is -2.74. The highest BCUT2D eigenvalue weighted by Gasteiger charge is 2.69. The summed E-state index contributed by atoms with van der Waals surface area (Å²) in [5.74, 6) is -10.3. The summed E-state index contributed by atoms with van der Waals surface area (Å²) >= 11 is 0. The Bertz CT molecular complexity index is 1230. The van der Waals surface area contributed by atoms with Crippen molar-refractivity contribution in [3.05, 3.63) is 22.8 Å². The van der Waals surface area contributed by atoms with Gasteiger partial charge in [0, 0.05) is 29.6 Å². The van der Waals surface area contributed by atoms with Crippen molar-refractivity contribution in [1.29, 1.82) is 0 Å². The topological polar surface area (TPSA) is 176 Å². The summed E-state index contributed by atoms with van der Waals surface area (Å²) in [7, 11) is 4.56. The number of Topliss-reactive ketones (excluding diaryl/α,β-unsaturated/α-hetero) is 4. The van der Waals surface area contributed by atoms with E-state index in [1.807, 2.05) is 13.8 Å². The van der Waals surface area contributed by atoms with Gasteiger partial charge < -0.3 is 26.0 Å². The maximum Gasteiger partial charge on any atom is 0.235 e. The summed E-state index contributed by atoms with van der Waals surface area (Å²) in [4.78, 5) is 67.6. The Morgan fingerprint density at radius 3 is 2.47 bits per heavy atom. The number of hydrogen-bond donors (Lipinski definition) is 4. The van der Waals surface area contributed by atoms with Gasteiger partial charge in [-0.2, -0.15) is 0 Å². The van der Waals surface area contributed by atoms with Gasteiger partial charge in [-0.15, -0.1) is 0 Å². The third-order valence-electron chi connectivity index (χ3n) is 8.55. The lowest BCUT2D eigenvalue weighted by molar-refractivity contribution is -0.181. The van der Waals surface area contributed by atoms with Crippen LogP contribution in [0.15, 0.2) is 6.07 Å². The van der Waals surface area contributed by atoms with Crippen LogP contribution in [0.2, 0.25) is 0 Å². The Balaban J connectivity index is 1.82. The van der Waals surface area contributed by atoms with Crippen LogP contribution in [0.4, 0.5) is 0 Å². The first kappa shape index (κ1) is 27.9. The zero-order valence-corrected chi connectivity index (χ0v) is 22.2. The summed E-state index contributed by atoms with van der Waals surface area (Å²) < 4.78 is 5.67. The Morgan fingerprint density at radius 2 is 1.92 bits per heavy atom. The molecule has 1 amide bonds. The average molecular weight is 530 g/mol. The first-order valence-electron chi connectivity index (χ1n) is 12.8. The lowest BCUT2D eigenvalue weighted by Crippen LogP contribution is -2.74. The maximum absolute atomic E-state index is 13.8. The molecule has 11 nitrogen and oxygen atoms in total. The van der Waals surface area contributed by atoms with Crippen molar-refractivity contribution in [2.24, 2.45) is 29.4 Å². The molecule has 0 bridgehead atoms. The van der Waals surface area contributed by atoms with Gasteiger partial charge in [-0.1, -0.05) is 6.92 Å². The Morgan fingerprint density at radius 1 is 1.26 bits per heavy atom. The summed E-state index contributed by atoms with van der Waals surface area (Å²) in [6, 6.07) is 0.482. The van der Waals surface area contributed by atoms with Crippen molar-refractivity contribution in [3.63, 3.8) is 0 Å². The fraction of sp³-hybridized carbons (Fsp3) is 0.593. The normalized spacial score (nSPS) is 31.5. The molecule has 2 saturated carbocycles. The van der Waals surface area contributed by atoms with Gasteiger partial charge in [-0.25, -0.2) is 0 Å². The minimum absolute atomic E-state index is 0.0108. The number of amides is 1. The number of fused-ring (bicyclic) bond motifs is 3. The number of hydrogen-bond acceptors (Lipinski definition) is 10. The lowest BCUT2D eigenvalue weighted by Gasteiger charge is -2.52. The summed E-state index contributed by atoms with van der Waals surface area (Å²) in [6.07, 6.45) is 1.03. The lowest BCUT2D eigenvalue weighted by atomic mass is 9.52. The quantitative estimate of drug-likeness (QED) is 0.345. The van der Waals surface area contributed by atoms with Crippen molar-refractivity contribution in [2.45, 2.75) is 57.3 Å². The van der Waals surface area contributed by atoms with Crippen LogP contribution in [0.3, 0.4) is 0 Å². The predicted molar refractivity (Wildman–Crippen MR) is 135 cm³/mol. The molecule has 11 heteroatoms. The molecule has 0 aromatic heterocycles. The second-order valence-corrected chi connectivity index (χ2v) is 10.9. The van der Waals surface area contributed by atoms with Crippen molar-refractivity contribution in [1.82, 2.24) is 10.2 Å². The van der Waals surface area contributed by atoms with E-state index in [0.717, 1.165) is 6.42 Å². The molecule has 3 aliphatic rings. The number of phenols is 1. The van der Waals surface area contributed by atoms with Crippen molar-refractivity contribution < 1.29 is 38.9 Å². The fourth-order valence-corrected chi connectivity index (χ4v) is 6.53. The Hall–Kier alpha value is -3.15. The number of carbonyl (C=O) groups excluding carboxylic acids is 5. The van der Waals surface area contributed by atoms with Crippen molar-refractivity contribution in [3.8, 4) is 11.5 Å². The molecule has 2 fully saturated rings. The van der Waals surface area contributed by atoms with Gasteiger partial charge in [0.2, 0.25) is 5.91 Å². The van der Waals surface area contributed by atoms with E-state index in [2.05, 4.69) is 5.32 Å². The molecule has 5 N–H and O–H groups in total. The molecule has 0 aliphatic heterocycles. The van der Waals surface area contributed by atoms with E-state index in [1.54, 1.807) is 14.1 Å². The Labute approximate surface area is 220 Å². The smallest absolute Gasteiger partial charge is 0.235 e. The standard InChI is InChI=1S/C27H35N3O8/c1-6-11(2)29-10-13-9-16(31)18-14(23(13)38-5)7-12-8-15-20(30(3)4)22(33)19(26(28)36)25(35)27(15,37)24(34)17(12)21(18)32/h9,11-12,15,17,19-20,29,31,37H,6-8,10H2,1-5H3,(H2,28,36)/t11?,12-,15-,17?,19?,20-,27-/m0/s1. The largest absolute Gasteiger partial charge is 0.507 e. The Kier molecular flexibility index (Phi) is 7.24. The number of nitrogens with zero attached hydrogens (tertiary/aromatic N) is 1. The molecule has 1 aromatic carbocycles. The highest BCUT2D eigenvalue weighted by atomic mass is 16.5. The van der Waals surface area contributed by atoms with Crippen LogP contribution >= 0.6 is 0 Å². The molecular formula is C27H35N3O8. The number of aromatic hydroxyl groups is 1. The van der Waals surface area contributed by atoms with Gasteiger partial charge in [-0.3, -0.25) is 28.9 Å². The number of methoxy groups -OCH3 is 1. The number of ether oxygens (including phenoxy) is 1. The molecule has 0 spiro atoms. The van der Waals surface area contributed by atoms with Gasteiger partial charge in [0.25, 0.3) is 0 Å². The SMILES string of the molecule is CCC(C)NCc1cc(O)c2c(c1OC)C[C@H]1C[C@H]3[C@H](N(C)C)C(=O)C(C(N)=O)C(=O)[C@@]3(O)C(=O)C1C2=O. The van der Waals surface area contributed by atoms with E-state index in [1.165, 1.54) is 18.1 Å². The van der Waals surface area contributed by atoms with E-state index in [9.17, 15) is 34.2 Å². The number of nitrogens with one attached hydrogen (secondary N) is 1. The third kappa shape index (κ3) is 3.95. The molecule has 1 aromatic rings. The first-order valence-corrected chi connectivity index (χ1v) is 12.8. The third-order valence-corrected chi connectivity index (χ3v) is 8.55. The monoisotopic (exact) mass is 529 g/mol. The van der Waals surface area contributed by atoms with Gasteiger partial charge in [0.1, 0.15) is 11.5 Å². The van der Waals surface area contributed by atoms with Gasteiger partial charge in [-0.05, 0) is 52.3 Å². The summed E-state index contributed by atoms with van der Waals surface area (Å²) in [5, 5.41) is 25.8. The van der Waals surface area contributed by atoms with E-state index in [-0.39, 0.29) is 30.2 Å². The highest BCUT2D eigenvalue weighted by molar-refractivity contribution is 6.32. The number of nitrogens with two attached hydrogens (primary N) is 1. The van der Waals surface area contributed by atoms with Crippen LogP contribution < -0.4 is 15.8 Å². The number of benzene rings is 1. The van der Waals surface area contributed by atoms with Crippen LogP contribution in [0, 0.1) is 23.7 Å². The zero-order valence-electron chi connectivity index (χ0n) is 22.2. The van der Waals surface area contributed by atoms with Crippen LogP contribution in [-0.4, -0.2) is 83.0 Å². The zero-order chi connectivity index (χ0) is 28.3. The van der Waals surface area contributed by atoms with Crippen LogP contribution in [-0.2, 0) is 32.1 Å². The first-order chi connectivity index (χ1) is 17.8. The second-order valence-electron chi connectivity index (χ2n) is 10.9. The molecule has 0 radical (unpaired) electrons. The number of ketones is 4. The van der Waals surface area contributed by atoms with E-state index >= 15 is 0 Å². The fourth-order valence-electron chi connectivity index (χ4n) is 6.53. The van der Waals surface area contributed by atoms with Crippen molar-refractivity contribution in [2.75, 3.05) is 21.2 Å². The molecule has 4 rings (SSSR count). The van der Waals surface area contributed by atoms with E-state index < -0.39 is 64.4 Å².